The normalized spacial score (nSPS) is 10.6. The lowest BCUT2D eigenvalue weighted by Gasteiger charge is -2.11. The van der Waals surface area contributed by atoms with Gasteiger partial charge in [-0.15, -0.1) is 0 Å². The Labute approximate surface area is 121 Å². The van der Waals surface area contributed by atoms with Crippen molar-refractivity contribution in [1.82, 2.24) is 10.6 Å². The molecule has 0 heterocycles. The van der Waals surface area contributed by atoms with E-state index < -0.39 is 12.5 Å². The maximum Gasteiger partial charge on any atom is 0.387 e. The van der Waals surface area contributed by atoms with Crippen molar-refractivity contribution in [1.29, 1.82) is 0 Å². The first kappa shape index (κ1) is 16.9. The molecule has 0 aliphatic carbocycles. The molecule has 0 atom stereocenters. The van der Waals surface area contributed by atoms with Crippen LogP contribution in [0.25, 0.3) is 0 Å². The highest BCUT2D eigenvalue weighted by Crippen LogP contribution is 2.19. The Morgan fingerprint density at radius 1 is 1.14 bits per heavy atom. The van der Waals surface area contributed by atoms with Crippen LogP contribution >= 0.6 is 0 Å². The van der Waals surface area contributed by atoms with E-state index in [1.165, 1.54) is 18.2 Å². The molecule has 0 fully saturated rings. The molecular weight excluding hydrogens is 282 g/mol. The SMILES string of the molecule is CC(C)C(=O)NCCNC(=O)c1ccccc1OC(F)F. The summed E-state index contributed by atoms with van der Waals surface area (Å²) in [5.74, 6) is -0.979. The zero-order valence-corrected chi connectivity index (χ0v) is 11.9. The number of amides is 2. The van der Waals surface area contributed by atoms with E-state index in [0.29, 0.717) is 0 Å². The van der Waals surface area contributed by atoms with E-state index in [1.54, 1.807) is 19.9 Å². The maximum atomic E-state index is 12.2. The number of nitrogens with one attached hydrogen (secondary N) is 2. The fraction of sp³-hybridized carbons (Fsp3) is 0.429. The summed E-state index contributed by atoms with van der Waals surface area (Å²) in [5, 5.41) is 5.16. The number of benzene rings is 1. The molecule has 0 unspecified atom stereocenters. The molecule has 2 N–H and O–H groups in total. The molecule has 0 saturated heterocycles. The van der Waals surface area contributed by atoms with E-state index in [4.69, 9.17) is 0 Å². The van der Waals surface area contributed by atoms with Crippen LogP contribution in [0.1, 0.15) is 24.2 Å². The van der Waals surface area contributed by atoms with Crippen LogP contribution in [0.4, 0.5) is 8.78 Å². The average molecular weight is 300 g/mol. The van der Waals surface area contributed by atoms with Gasteiger partial charge in [-0.25, -0.2) is 0 Å². The molecule has 1 rings (SSSR count). The van der Waals surface area contributed by atoms with Crippen LogP contribution in [0, 0.1) is 5.92 Å². The van der Waals surface area contributed by atoms with Crippen LogP contribution in [0.5, 0.6) is 5.75 Å². The number of alkyl halides is 2. The van der Waals surface area contributed by atoms with E-state index in [1.807, 2.05) is 0 Å². The van der Waals surface area contributed by atoms with E-state index in [9.17, 15) is 18.4 Å². The molecule has 116 valence electrons. The Bertz CT molecular complexity index is 493. The van der Waals surface area contributed by atoms with Gasteiger partial charge in [0.15, 0.2) is 0 Å². The van der Waals surface area contributed by atoms with Crippen LogP contribution in [-0.4, -0.2) is 31.5 Å². The van der Waals surface area contributed by atoms with Gasteiger partial charge in [-0.2, -0.15) is 8.78 Å². The molecule has 2 amide bonds. The molecule has 0 aliphatic rings. The second kappa shape index (κ2) is 8.18. The Morgan fingerprint density at radius 2 is 1.76 bits per heavy atom. The standard InChI is InChI=1S/C14H18F2N2O3/c1-9(2)12(19)17-7-8-18-13(20)10-5-3-4-6-11(10)21-14(15)16/h3-6,9,14H,7-8H2,1-2H3,(H,17,19)(H,18,20). The average Bonchev–Trinajstić information content (AvgIpc) is 2.42. The molecule has 0 aliphatic heterocycles. The molecule has 0 spiro atoms. The second-order valence-electron chi connectivity index (χ2n) is 4.58. The second-order valence-corrected chi connectivity index (χ2v) is 4.58. The quantitative estimate of drug-likeness (QED) is 0.754. The molecule has 0 radical (unpaired) electrons. The zero-order valence-electron chi connectivity index (χ0n) is 11.9. The number of hydrogen-bond acceptors (Lipinski definition) is 3. The van der Waals surface area contributed by atoms with Crippen LogP contribution < -0.4 is 15.4 Å². The molecule has 5 nitrogen and oxygen atoms in total. The largest absolute Gasteiger partial charge is 0.434 e. The molecule has 1 aromatic carbocycles. The summed E-state index contributed by atoms with van der Waals surface area (Å²) in [5.41, 5.74) is 0.0213. The summed E-state index contributed by atoms with van der Waals surface area (Å²) < 4.78 is 28.7. The summed E-state index contributed by atoms with van der Waals surface area (Å²) in [7, 11) is 0. The summed E-state index contributed by atoms with van der Waals surface area (Å²) in [6.07, 6.45) is 0. The van der Waals surface area contributed by atoms with Crippen molar-refractivity contribution < 1.29 is 23.1 Å². The summed E-state index contributed by atoms with van der Waals surface area (Å²) in [6, 6.07) is 5.73. The minimum absolute atomic E-state index is 0.0213. The van der Waals surface area contributed by atoms with Gasteiger partial charge in [0.1, 0.15) is 5.75 Å². The van der Waals surface area contributed by atoms with Gasteiger partial charge in [0.25, 0.3) is 5.91 Å². The van der Waals surface area contributed by atoms with Crippen molar-refractivity contribution in [3.8, 4) is 5.75 Å². The van der Waals surface area contributed by atoms with Crippen LogP contribution in [-0.2, 0) is 4.79 Å². The number of hydrogen-bond donors (Lipinski definition) is 2. The topological polar surface area (TPSA) is 67.4 Å². The Hall–Kier alpha value is -2.18. The smallest absolute Gasteiger partial charge is 0.387 e. The zero-order chi connectivity index (χ0) is 15.8. The van der Waals surface area contributed by atoms with E-state index in [2.05, 4.69) is 15.4 Å². The van der Waals surface area contributed by atoms with Crippen LogP contribution in [0.2, 0.25) is 0 Å². The van der Waals surface area contributed by atoms with Crippen LogP contribution in [0.15, 0.2) is 24.3 Å². The number of halogens is 2. The van der Waals surface area contributed by atoms with Crippen molar-refractivity contribution in [2.45, 2.75) is 20.5 Å². The summed E-state index contributed by atoms with van der Waals surface area (Å²) >= 11 is 0. The highest BCUT2D eigenvalue weighted by atomic mass is 19.3. The summed E-state index contributed by atoms with van der Waals surface area (Å²) in [4.78, 5) is 23.2. The molecule has 7 heteroatoms. The molecule has 0 saturated carbocycles. The first-order valence-electron chi connectivity index (χ1n) is 6.51. The van der Waals surface area contributed by atoms with Crippen LogP contribution in [0.3, 0.4) is 0 Å². The van der Waals surface area contributed by atoms with Gasteiger partial charge in [0.05, 0.1) is 5.56 Å². The Morgan fingerprint density at radius 3 is 2.38 bits per heavy atom. The molecule has 21 heavy (non-hydrogen) atoms. The molecular formula is C14H18F2N2O3. The fourth-order valence-corrected chi connectivity index (χ4v) is 1.51. The van der Waals surface area contributed by atoms with Gasteiger partial charge in [-0.3, -0.25) is 9.59 Å². The number of ether oxygens (including phenoxy) is 1. The van der Waals surface area contributed by atoms with Gasteiger partial charge >= 0.3 is 6.61 Å². The monoisotopic (exact) mass is 300 g/mol. The van der Waals surface area contributed by atoms with Gasteiger partial charge in [-0.05, 0) is 12.1 Å². The molecule has 1 aromatic rings. The predicted octanol–water partition coefficient (Wildman–Crippen LogP) is 1.79. The maximum absolute atomic E-state index is 12.2. The van der Waals surface area contributed by atoms with Crippen molar-refractivity contribution in [2.24, 2.45) is 5.92 Å². The first-order chi connectivity index (χ1) is 9.91. The van der Waals surface area contributed by atoms with Gasteiger partial charge in [0.2, 0.25) is 5.91 Å². The van der Waals surface area contributed by atoms with Crippen molar-refractivity contribution in [2.75, 3.05) is 13.1 Å². The third-order valence-corrected chi connectivity index (χ3v) is 2.58. The number of rotatable bonds is 7. The Kier molecular flexibility index (Phi) is 6.58. The molecule has 0 bridgehead atoms. The lowest BCUT2D eigenvalue weighted by atomic mass is 10.2. The van der Waals surface area contributed by atoms with Gasteiger partial charge in [0, 0.05) is 19.0 Å². The van der Waals surface area contributed by atoms with Crippen molar-refractivity contribution in [3.05, 3.63) is 29.8 Å². The number of para-hydroxylation sites is 1. The minimum Gasteiger partial charge on any atom is -0.434 e. The fourth-order valence-electron chi connectivity index (χ4n) is 1.51. The lowest BCUT2D eigenvalue weighted by Crippen LogP contribution is -2.36. The number of carbonyl (C=O) groups excluding carboxylic acids is 2. The minimum atomic E-state index is -3.00. The third kappa shape index (κ3) is 5.76. The van der Waals surface area contributed by atoms with Crippen molar-refractivity contribution in [3.63, 3.8) is 0 Å². The van der Waals surface area contributed by atoms with Crippen molar-refractivity contribution >= 4 is 11.8 Å². The lowest BCUT2D eigenvalue weighted by molar-refractivity contribution is -0.123. The highest BCUT2D eigenvalue weighted by Gasteiger charge is 2.14. The Balaban J connectivity index is 2.51. The number of carbonyl (C=O) groups is 2. The van der Waals surface area contributed by atoms with E-state index >= 15 is 0 Å². The predicted molar refractivity (Wildman–Crippen MR) is 73.3 cm³/mol. The third-order valence-electron chi connectivity index (χ3n) is 2.58. The molecule has 0 aromatic heterocycles. The van der Waals surface area contributed by atoms with E-state index in [-0.39, 0.29) is 36.2 Å². The first-order valence-corrected chi connectivity index (χ1v) is 6.51. The van der Waals surface area contributed by atoms with Gasteiger partial charge < -0.3 is 15.4 Å². The van der Waals surface area contributed by atoms with Gasteiger partial charge in [-0.1, -0.05) is 26.0 Å². The van der Waals surface area contributed by atoms with E-state index in [0.717, 1.165) is 0 Å². The highest BCUT2D eigenvalue weighted by molar-refractivity contribution is 5.96. The summed E-state index contributed by atoms with van der Waals surface area (Å²) in [6.45, 7) is 0.975.